The van der Waals surface area contributed by atoms with Crippen LogP contribution in [0, 0.1) is 0 Å². The zero-order valence-corrected chi connectivity index (χ0v) is 27.8. The third kappa shape index (κ3) is 7.15. The van der Waals surface area contributed by atoms with Gasteiger partial charge in [-0.1, -0.05) is 72.8 Å². The number of nitrogens with zero attached hydrogens (tertiary/aromatic N) is 4. The van der Waals surface area contributed by atoms with Gasteiger partial charge in [0.1, 0.15) is 0 Å². The summed E-state index contributed by atoms with van der Waals surface area (Å²) >= 11 is 11.2. The molecule has 0 radical (unpaired) electrons. The van der Waals surface area contributed by atoms with Crippen LogP contribution in [0.4, 0.5) is 11.4 Å². The summed E-state index contributed by atoms with van der Waals surface area (Å²) in [7, 11) is 0. The fraction of sp³-hybridized carbons (Fsp3) is 0. The Hall–Kier alpha value is -4.42. The van der Waals surface area contributed by atoms with E-state index in [1.54, 1.807) is 12.4 Å². The van der Waals surface area contributed by atoms with E-state index in [0.29, 0.717) is 0 Å². The molecular weight excluding hydrogens is 618 g/mol. The molecule has 0 spiro atoms. The van der Waals surface area contributed by atoms with E-state index >= 15 is 0 Å². The summed E-state index contributed by atoms with van der Waals surface area (Å²) < 4.78 is 0. The van der Waals surface area contributed by atoms with Gasteiger partial charge in [-0.05, 0) is 58.7 Å². The number of para-hydroxylation sites is 2. The van der Waals surface area contributed by atoms with Crippen LogP contribution in [0.3, 0.4) is 0 Å². The van der Waals surface area contributed by atoms with Crippen LogP contribution in [-0.2, 0) is 44.7 Å². The van der Waals surface area contributed by atoms with E-state index in [1.165, 1.54) is 0 Å². The van der Waals surface area contributed by atoms with E-state index in [4.69, 9.17) is 35.2 Å². The molecule has 0 fully saturated rings. The van der Waals surface area contributed by atoms with Gasteiger partial charge in [0.2, 0.25) is 0 Å². The Labute approximate surface area is 275 Å². The smallest absolute Gasteiger partial charge is 0.779 e. The zero-order chi connectivity index (χ0) is 28.7. The largest absolute Gasteiger partial charge is 2.00 e. The molecule has 43 heavy (non-hydrogen) atoms. The van der Waals surface area contributed by atoms with Crippen molar-refractivity contribution >= 4 is 49.1 Å². The predicted molar refractivity (Wildman–Crippen MR) is 177 cm³/mol. The Morgan fingerprint density at radius 3 is 1.35 bits per heavy atom. The van der Waals surface area contributed by atoms with Gasteiger partial charge in [-0.3, -0.25) is 20.0 Å². The van der Waals surface area contributed by atoms with Gasteiger partial charge in [0.05, 0.1) is 11.4 Å². The van der Waals surface area contributed by atoms with Crippen LogP contribution in [0.1, 0.15) is 11.1 Å². The van der Waals surface area contributed by atoms with Gasteiger partial charge >= 0.3 is 19.5 Å². The molecule has 0 aliphatic rings. The molecule has 2 heterocycles. The van der Waals surface area contributed by atoms with Crippen molar-refractivity contribution in [2.75, 3.05) is 0 Å². The number of aliphatic imine (C=N–C) groups is 2. The third-order valence-corrected chi connectivity index (χ3v) is 7.54. The van der Waals surface area contributed by atoms with Crippen molar-refractivity contribution in [3.05, 3.63) is 145 Å². The number of hydrogen-bond acceptors (Lipinski definition) is 6. The number of benzene rings is 4. The maximum absolute atomic E-state index is 5.62. The monoisotopic (exact) mass is 640 g/mol. The first-order valence-electron chi connectivity index (χ1n) is 13.4. The summed E-state index contributed by atoms with van der Waals surface area (Å²) in [4.78, 5) is 19.7. The average molecular weight is 642 g/mol. The van der Waals surface area contributed by atoms with Crippen LogP contribution in [0.25, 0.3) is 33.4 Å². The second-order valence-corrected chi connectivity index (χ2v) is 10.4. The SMILES string of the molecule is [S-]c1ccc(-c2cccnc2)cc1C=Nc1ccccc1-c1ccccc1N=Cc1cc(-c2cccnc2)ccc1[S-].[Zn+2]. The van der Waals surface area contributed by atoms with Crippen LogP contribution in [0.5, 0.6) is 0 Å². The molecule has 0 amide bonds. The molecule has 0 atom stereocenters. The molecule has 0 saturated carbocycles. The molecule has 6 rings (SSSR count). The normalized spacial score (nSPS) is 11.1. The first-order valence-corrected chi connectivity index (χ1v) is 14.2. The molecule has 0 saturated heterocycles. The number of pyridine rings is 2. The minimum Gasteiger partial charge on any atom is -0.779 e. The minimum atomic E-state index is 0. The fourth-order valence-corrected chi connectivity index (χ4v) is 4.99. The molecule has 7 heteroatoms. The van der Waals surface area contributed by atoms with E-state index in [2.05, 4.69) is 34.2 Å². The standard InChI is InChI=1S/C36H26N4S2.Zn/c41-35-15-13-25(27-7-5-17-37-21-27)19-29(35)23-39-33-11-3-1-9-31(33)32-10-2-4-12-34(32)40-24-30-20-26(14-16-36(30)42)28-8-6-18-38-22-28;/h1-24,41-42H;/q;+2/p-2. The topological polar surface area (TPSA) is 50.5 Å². The van der Waals surface area contributed by atoms with Crippen molar-refractivity contribution < 1.29 is 19.5 Å². The fourth-order valence-electron chi connectivity index (χ4n) is 4.63. The van der Waals surface area contributed by atoms with Crippen LogP contribution < -0.4 is 0 Å². The van der Waals surface area contributed by atoms with Crippen LogP contribution >= 0.6 is 0 Å². The van der Waals surface area contributed by atoms with Crippen LogP contribution in [-0.4, -0.2) is 22.4 Å². The molecule has 4 nitrogen and oxygen atoms in total. The van der Waals surface area contributed by atoms with E-state index in [-0.39, 0.29) is 19.5 Å². The Kier molecular flexibility index (Phi) is 9.90. The minimum absolute atomic E-state index is 0. The summed E-state index contributed by atoms with van der Waals surface area (Å²) in [6.07, 6.45) is 10.9. The number of rotatable bonds is 7. The van der Waals surface area contributed by atoms with Gasteiger partial charge in [0, 0.05) is 59.5 Å². The van der Waals surface area contributed by atoms with Crippen LogP contribution in [0.15, 0.2) is 154 Å². The van der Waals surface area contributed by atoms with Gasteiger partial charge in [-0.25, -0.2) is 0 Å². The maximum Gasteiger partial charge on any atom is 2.00 e. The predicted octanol–water partition coefficient (Wildman–Crippen LogP) is 8.79. The zero-order valence-electron chi connectivity index (χ0n) is 23.2. The molecule has 0 bridgehead atoms. The summed E-state index contributed by atoms with van der Waals surface area (Å²) in [5.41, 5.74) is 9.48. The Morgan fingerprint density at radius 1 is 0.488 bits per heavy atom. The summed E-state index contributed by atoms with van der Waals surface area (Å²) in [5.74, 6) is 0. The number of hydrogen-bond donors (Lipinski definition) is 0. The van der Waals surface area contributed by atoms with Gasteiger partial charge < -0.3 is 25.3 Å². The second kappa shape index (κ2) is 14.2. The van der Waals surface area contributed by atoms with E-state index in [0.717, 1.165) is 65.7 Å². The molecule has 0 aliphatic carbocycles. The van der Waals surface area contributed by atoms with Crippen molar-refractivity contribution in [3.8, 4) is 33.4 Å². The second-order valence-electron chi connectivity index (χ2n) is 9.54. The Balaban J connectivity index is 0.00000368. The van der Waals surface area contributed by atoms with Gasteiger partial charge in [0.25, 0.3) is 0 Å². The third-order valence-electron chi connectivity index (χ3n) is 6.79. The van der Waals surface area contributed by atoms with E-state index in [9.17, 15) is 0 Å². The summed E-state index contributed by atoms with van der Waals surface area (Å²) in [6, 6.07) is 36.0. The molecule has 0 N–H and O–H groups in total. The Morgan fingerprint density at radius 2 is 0.930 bits per heavy atom. The van der Waals surface area contributed by atoms with Gasteiger partial charge in [-0.2, -0.15) is 9.79 Å². The summed E-state index contributed by atoms with van der Waals surface area (Å²) in [6.45, 7) is 0. The van der Waals surface area contributed by atoms with Crippen molar-refractivity contribution in [1.29, 1.82) is 0 Å². The molecule has 0 unspecified atom stereocenters. The Bertz CT molecular complexity index is 1770. The van der Waals surface area contributed by atoms with Crippen LogP contribution in [0.2, 0.25) is 0 Å². The van der Waals surface area contributed by atoms with Crippen molar-refractivity contribution in [2.45, 2.75) is 9.79 Å². The number of aromatic nitrogens is 2. The molecule has 6 aromatic rings. The molecule has 202 valence electrons. The maximum atomic E-state index is 5.62. The molecule has 2 aromatic heterocycles. The van der Waals surface area contributed by atoms with Crippen molar-refractivity contribution in [1.82, 2.24) is 9.97 Å². The van der Waals surface area contributed by atoms with Crippen molar-refractivity contribution in [2.24, 2.45) is 9.98 Å². The summed E-state index contributed by atoms with van der Waals surface area (Å²) in [5, 5.41) is 0. The first kappa shape index (κ1) is 30.1. The molecule has 0 aliphatic heterocycles. The first-order chi connectivity index (χ1) is 20.7. The molecular formula is C36H24N4S2Zn. The van der Waals surface area contributed by atoms with Crippen molar-refractivity contribution in [3.63, 3.8) is 0 Å². The van der Waals surface area contributed by atoms with Gasteiger partial charge in [-0.15, -0.1) is 0 Å². The quantitative estimate of drug-likeness (QED) is 0.0993. The average Bonchev–Trinajstić information content (AvgIpc) is 3.05. The van der Waals surface area contributed by atoms with E-state index in [1.807, 2.05) is 110 Å². The van der Waals surface area contributed by atoms with Gasteiger partial charge in [0.15, 0.2) is 0 Å². The molecule has 4 aromatic carbocycles. The van der Waals surface area contributed by atoms with E-state index < -0.39 is 0 Å².